The van der Waals surface area contributed by atoms with Crippen LogP contribution in [0.2, 0.25) is 10.0 Å². The van der Waals surface area contributed by atoms with Gasteiger partial charge in [0.05, 0.1) is 21.4 Å². The van der Waals surface area contributed by atoms with Gasteiger partial charge < -0.3 is 10.2 Å². The normalized spacial score (nSPS) is 11.8. The molecule has 0 saturated heterocycles. The van der Waals surface area contributed by atoms with Gasteiger partial charge in [0.2, 0.25) is 0 Å². The minimum Gasteiger partial charge on any atom is -0.506 e. The van der Waals surface area contributed by atoms with Crippen LogP contribution in [0.4, 0.5) is 5.69 Å². The summed E-state index contributed by atoms with van der Waals surface area (Å²) in [6.45, 7) is 0. The number of nitrogens with zero attached hydrogens (tertiary/aromatic N) is 1. The van der Waals surface area contributed by atoms with Gasteiger partial charge >= 0.3 is 0 Å². The van der Waals surface area contributed by atoms with Crippen LogP contribution >= 0.6 is 23.2 Å². The van der Waals surface area contributed by atoms with E-state index in [1.165, 1.54) is 0 Å². The van der Waals surface area contributed by atoms with Crippen molar-refractivity contribution in [2.75, 3.05) is 5.43 Å². The molecule has 0 fully saturated rings. The molecule has 0 atom stereocenters. The van der Waals surface area contributed by atoms with Crippen molar-refractivity contribution < 1.29 is 10.2 Å². The summed E-state index contributed by atoms with van der Waals surface area (Å²) < 4.78 is 0. The Morgan fingerprint density at radius 3 is 1.76 bits per heavy atom. The first-order valence-electron chi connectivity index (χ1n) is 7.49. The number of hydrogen-bond acceptors (Lipinski definition) is 4. The summed E-state index contributed by atoms with van der Waals surface area (Å²) >= 11 is 12.1. The van der Waals surface area contributed by atoms with E-state index in [4.69, 9.17) is 23.2 Å². The van der Waals surface area contributed by atoms with Crippen molar-refractivity contribution >= 4 is 34.6 Å². The molecule has 0 saturated carbocycles. The van der Waals surface area contributed by atoms with Crippen molar-refractivity contribution in [3.63, 3.8) is 0 Å². The Morgan fingerprint density at radius 2 is 1.24 bits per heavy atom. The van der Waals surface area contributed by atoms with Crippen molar-refractivity contribution in [2.45, 2.75) is 0 Å². The fourth-order valence-corrected chi connectivity index (χ4v) is 3.19. The SMILES string of the molecule is Oc1cc2c(cc1Cl)-c1cc(Cl)c(O)cc1C2=NNc1ccccc1. The predicted molar refractivity (Wildman–Crippen MR) is 101 cm³/mol. The maximum Gasteiger partial charge on any atom is 0.134 e. The average Bonchev–Trinajstić information content (AvgIpc) is 2.87. The lowest BCUT2D eigenvalue weighted by Crippen LogP contribution is -2.02. The van der Waals surface area contributed by atoms with E-state index in [2.05, 4.69) is 10.5 Å². The number of fused-ring (bicyclic) bond motifs is 3. The highest BCUT2D eigenvalue weighted by Crippen LogP contribution is 2.44. The highest BCUT2D eigenvalue weighted by atomic mass is 35.5. The second-order valence-electron chi connectivity index (χ2n) is 5.64. The van der Waals surface area contributed by atoms with Gasteiger partial charge in [-0.2, -0.15) is 5.10 Å². The molecule has 0 spiro atoms. The summed E-state index contributed by atoms with van der Waals surface area (Å²) in [6.07, 6.45) is 0. The Bertz CT molecular complexity index is 958. The maximum absolute atomic E-state index is 9.99. The van der Waals surface area contributed by atoms with Gasteiger partial charge in [-0.1, -0.05) is 41.4 Å². The van der Waals surface area contributed by atoms with Crippen LogP contribution < -0.4 is 5.43 Å². The number of benzene rings is 3. The Labute approximate surface area is 154 Å². The molecule has 6 heteroatoms. The molecule has 3 aromatic rings. The Morgan fingerprint density at radius 1 is 0.720 bits per heavy atom. The van der Waals surface area contributed by atoms with Crippen molar-refractivity contribution in [1.82, 2.24) is 0 Å². The summed E-state index contributed by atoms with van der Waals surface area (Å²) in [7, 11) is 0. The Kier molecular flexibility index (Phi) is 3.79. The third kappa shape index (κ3) is 2.69. The molecule has 1 aliphatic rings. The molecule has 3 N–H and O–H groups in total. The van der Waals surface area contributed by atoms with E-state index >= 15 is 0 Å². The largest absolute Gasteiger partial charge is 0.506 e. The van der Waals surface area contributed by atoms with Gasteiger partial charge in [-0.15, -0.1) is 0 Å². The highest BCUT2D eigenvalue weighted by molar-refractivity contribution is 6.35. The topological polar surface area (TPSA) is 64.8 Å². The Balaban J connectivity index is 1.90. The van der Waals surface area contributed by atoms with Gasteiger partial charge in [-0.25, -0.2) is 0 Å². The number of hydrogen-bond donors (Lipinski definition) is 3. The summed E-state index contributed by atoms with van der Waals surface area (Å²) in [5.41, 5.74) is 7.43. The predicted octanol–water partition coefficient (Wildman–Crippen LogP) is 5.25. The van der Waals surface area contributed by atoms with Crippen LogP contribution in [0.25, 0.3) is 11.1 Å². The molecule has 0 aliphatic heterocycles. The van der Waals surface area contributed by atoms with Crippen LogP contribution in [0.1, 0.15) is 11.1 Å². The number of rotatable bonds is 2. The lowest BCUT2D eigenvalue weighted by Gasteiger charge is -2.06. The zero-order valence-corrected chi connectivity index (χ0v) is 14.3. The Hall–Kier alpha value is -2.69. The fourth-order valence-electron chi connectivity index (χ4n) is 2.86. The van der Waals surface area contributed by atoms with Gasteiger partial charge in [-0.05, 0) is 47.5 Å². The number of anilines is 1. The standard InChI is InChI=1S/C19H12Cl2N2O2/c20-15-6-11-12-7-16(21)18(25)9-14(12)19(13(11)8-17(15)24)23-22-10-4-2-1-3-5-10/h1-9,22,24-25H. The zero-order valence-electron chi connectivity index (χ0n) is 12.8. The average molecular weight is 371 g/mol. The first-order valence-corrected chi connectivity index (χ1v) is 8.25. The number of phenols is 2. The van der Waals surface area contributed by atoms with Crippen LogP contribution in [-0.2, 0) is 0 Å². The van der Waals surface area contributed by atoms with E-state index in [1.807, 2.05) is 30.3 Å². The third-order valence-corrected chi connectivity index (χ3v) is 4.65. The number of phenolic OH excluding ortho intramolecular Hbond substituents is 2. The van der Waals surface area contributed by atoms with Gasteiger partial charge in [-0.3, -0.25) is 5.43 Å². The second kappa shape index (κ2) is 5.99. The monoisotopic (exact) mass is 370 g/mol. The summed E-state index contributed by atoms with van der Waals surface area (Å²) in [6, 6.07) is 16.0. The number of aromatic hydroxyl groups is 2. The third-order valence-electron chi connectivity index (χ3n) is 4.04. The molecule has 124 valence electrons. The lowest BCUT2D eigenvalue weighted by atomic mass is 10.1. The van der Waals surface area contributed by atoms with Crippen LogP contribution in [0.15, 0.2) is 59.7 Å². The van der Waals surface area contributed by atoms with E-state index in [-0.39, 0.29) is 21.5 Å². The molecule has 0 unspecified atom stereocenters. The number of hydrazone groups is 1. The van der Waals surface area contributed by atoms with E-state index in [9.17, 15) is 10.2 Å². The van der Waals surface area contributed by atoms with Crippen LogP contribution in [0.5, 0.6) is 11.5 Å². The van der Waals surface area contributed by atoms with Gasteiger partial charge in [0, 0.05) is 11.1 Å². The van der Waals surface area contributed by atoms with Crippen molar-refractivity contribution in [3.05, 3.63) is 75.8 Å². The molecule has 0 amide bonds. The van der Waals surface area contributed by atoms with Crippen LogP contribution in [0.3, 0.4) is 0 Å². The second-order valence-corrected chi connectivity index (χ2v) is 6.45. The van der Waals surface area contributed by atoms with Crippen LogP contribution in [-0.4, -0.2) is 15.9 Å². The van der Waals surface area contributed by atoms with E-state index in [1.54, 1.807) is 24.3 Å². The molecule has 0 aromatic heterocycles. The first kappa shape index (κ1) is 15.8. The molecule has 0 bridgehead atoms. The van der Waals surface area contributed by atoms with Gasteiger partial charge in [0.15, 0.2) is 0 Å². The fraction of sp³-hybridized carbons (Fsp3) is 0. The molecular formula is C19H12Cl2N2O2. The van der Waals surface area contributed by atoms with E-state index in [0.29, 0.717) is 16.8 Å². The van der Waals surface area contributed by atoms with Crippen molar-refractivity contribution in [2.24, 2.45) is 5.10 Å². The lowest BCUT2D eigenvalue weighted by molar-refractivity contribution is 0.475. The first-order chi connectivity index (χ1) is 12.0. The van der Waals surface area contributed by atoms with E-state index < -0.39 is 0 Å². The molecule has 0 heterocycles. The number of para-hydroxylation sites is 1. The van der Waals surface area contributed by atoms with Crippen LogP contribution in [0, 0.1) is 0 Å². The minimum atomic E-state index is -0.0315. The zero-order chi connectivity index (χ0) is 17.6. The molecular weight excluding hydrogens is 359 g/mol. The molecule has 25 heavy (non-hydrogen) atoms. The van der Waals surface area contributed by atoms with Crippen molar-refractivity contribution in [3.8, 4) is 22.6 Å². The van der Waals surface area contributed by atoms with E-state index in [0.717, 1.165) is 16.8 Å². The molecule has 4 nitrogen and oxygen atoms in total. The summed E-state index contributed by atoms with van der Waals surface area (Å²) in [5, 5.41) is 24.9. The summed E-state index contributed by atoms with van der Waals surface area (Å²) in [5.74, 6) is -0.0631. The highest BCUT2D eigenvalue weighted by Gasteiger charge is 2.28. The number of nitrogens with one attached hydrogen (secondary N) is 1. The van der Waals surface area contributed by atoms with Gasteiger partial charge in [0.1, 0.15) is 11.5 Å². The van der Waals surface area contributed by atoms with Gasteiger partial charge in [0.25, 0.3) is 0 Å². The minimum absolute atomic E-state index is 0.0315. The molecule has 3 aromatic carbocycles. The molecule has 0 radical (unpaired) electrons. The summed E-state index contributed by atoms with van der Waals surface area (Å²) in [4.78, 5) is 0. The number of halogens is 2. The quantitative estimate of drug-likeness (QED) is 0.422. The maximum atomic E-state index is 9.99. The smallest absolute Gasteiger partial charge is 0.134 e. The molecule has 4 rings (SSSR count). The molecule has 1 aliphatic carbocycles. The van der Waals surface area contributed by atoms with Crippen molar-refractivity contribution in [1.29, 1.82) is 0 Å².